The molecule has 4 N–H and O–H groups in total. The van der Waals surface area contributed by atoms with Crippen LogP contribution in [0, 0.1) is 0 Å². The molecule has 0 aromatic rings. The predicted molar refractivity (Wildman–Crippen MR) is 70.0 cm³/mol. The molecule has 0 aromatic heterocycles. The van der Waals surface area contributed by atoms with Gasteiger partial charge < -0.3 is 21.1 Å². The van der Waals surface area contributed by atoms with Crippen molar-refractivity contribution in [2.45, 2.75) is 45.6 Å². The van der Waals surface area contributed by atoms with Crippen LogP contribution in [0.2, 0.25) is 0 Å². The van der Waals surface area contributed by atoms with Crippen LogP contribution in [0.3, 0.4) is 0 Å². The Hall–Kier alpha value is -0.810. The number of amides is 1. The smallest absolute Gasteiger partial charge is 0.407 e. The van der Waals surface area contributed by atoms with E-state index >= 15 is 0 Å². The van der Waals surface area contributed by atoms with Crippen LogP contribution in [0.1, 0.15) is 40.0 Å². The number of carbonyl (C=O) groups excluding carboxylic acids is 1. The van der Waals surface area contributed by atoms with Crippen molar-refractivity contribution in [3.05, 3.63) is 0 Å². The van der Waals surface area contributed by atoms with Gasteiger partial charge in [-0.05, 0) is 59.7 Å². The summed E-state index contributed by atoms with van der Waals surface area (Å²) >= 11 is 0. The Morgan fingerprint density at radius 2 is 1.82 bits per heavy atom. The molecule has 0 unspecified atom stereocenters. The first-order chi connectivity index (χ1) is 7.95. The van der Waals surface area contributed by atoms with Crippen LogP contribution >= 0.6 is 0 Å². The molecule has 0 bridgehead atoms. The molecule has 5 heteroatoms. The summed E-state index contributed by atoms with van der Waals surface area (Å²) in [6.45, 7) is 8.89. The standard InChI is InChI=1S/C12H27N3O2/c1-12(2,3)15-11(16)17-10-5-4-8-14-9-6-7-13/h14H,4-10,13H2,1-3H3,(H,15,16). The zero-order valence-electron chi connectivity index (χ0n) is 11.3. The molecule has 1 amide bonds. The van der Waals surface area contributed by atoms with E-state index in [1.807, 2.05) is 20.8 Å². The Morgan fingerprint density at radius 1 is 1.18 bits per heavy atom. The molecule has 0 aliphatic carbocycles. The monoisotopic (exact) mass is 245 g/mol. The summed E-state index contributed by atoms with van der Waals surface area (Å²) in [5.41, 5.74) is 5.13. The van der Waals surface area contributed by atoms with Gasteiger partial charge in [0, 0.05) is 5.54 Å². The lowest BCUT2D eigenvalue weighted by Gasteiger charge is -2.19. The van der Waals surface area contributed by atoms with Crippen molar-refractivity contribution in [1.29, 1.82) is 0 Å². The number of nitrogens with two attached hydrogens (primary N) is 1. The zero-order valence-corrected chi connectivity index (χ0v) is 11.3. The molecule has 0 rings (SSSR count). The number of hydrogen-bond acceptors (Lipinski definition) is 4. The van der Waals surface area contributed by atoms with Gasteiger partial charge in [-0.2, -0.15) is 0 Å². The van der Waals surface area contributed by atoms with E-state index in [1.165, 1.54) is 0 Å². The summed E-state index contributed by atoms with van der Waals surface area (Å²) in [6, 6.07) is 0. The Kier molecular flexibility index (Phi) is 8.80. The Labute approximate surface area is 104 Å². The molecule has 0 saturated heterocycles. The number of hydrogen-bond donors (Lipinski definition) is 3. The van der Waals surface area contributed by atoms with Crippen molar-refractivity contribution in [3.63, 3.8) is 0 Å². The van der Waals surface area contributed by atoms with E-state index in [-0.39, 0.29) is 11.6 Å². The first-order valence-electron chi connectivity index (χ1n) is 6.31. The van der Waals surface area contributed by atoms with E-state index in [4.69, 9.17) is 10.5 Å². The number of rotatable bonds is 8. The summed E-state index contributed by atoms with van der Waals surface area (Å²) < 4.78 is 5.05. The van der Waals surface area contributed by atoms with E-state index in [2.05, 4.69) is 10.6 Å². The maximum Gasteiger partial charge on any atom is 0.407 e. The molecule has 0 atom stereocenters. The van der Waals surface area contributed by atoms with E-state index < -0.39 is 0 Å². The highest BCUT2D eigenvalue weighted by molar-refractivity contribution is 5.67. The van der Waals surface area contributed by atoms with E-state index in [1.54, 1.807) is 0 Å². The molecule has 0 spiro atoms. The van der Waals surface area contributed by atoms with Crippen LogP contribution in [0.15, 0.2) is 0 Å². The van der Waals surface area contributed by atoms with Gasteiger partial charge in [0.25, 0.3) is 0 Å². The van der Waals surface area contributed by atoms with E-state index in [9.17, 15) is 4.79 Å². The zero-order chi connectivity index (χ0) is 13.1. The summed E-state index contributed by atoms with van der Waals surface area (Å²) in [5, 5.41) is 6.02. The molecule has 0 aliphatic rings. The van der Waals surface area contributed by atoms with Gasteiger partial charge in [0.15, 0.2) is 0 Å². The van der Waals surface area contributed by atoms with Gasteiger partial charge in [0.1, 0.15) is 0 Å². The third-order valence-electron chi connectivity index (χ3n) is 2.02. The van der Waals surface area contributed by atoms with Gasteiger partial charge in [-0.15, -0.1) is 0 Å². The average Bonchev–Trinajstić information content (AvgIpc) is 2.19. The molecule has 0 saturated carbocycles. The summed E-state index contributed by atoms with van der Waals surface area (Å²) in [7, 11) is 0. The minimum absolute atomic E-state index is 0.235. The first-order valence-corrected chi connectivity index (χ1v) is 6.31. The fraction of sp³-hybridized carbons (Fsp3) is 0.917. The predicted octanol–water partition coefficient (Wildman–Crippen LogP) is 1.23. The number of unbranched alkanes of at least 4 members (excludes halogenated alkanes) is 1. The van der Waals surface area contributed by atoms with Gasteiger partial charge in [-0.3, -0.25) is 0 Å². The van der Waals surface area contributed by atoms with Crippen LogP contribution in [0.4, 0.5) is 4.79 Å². The average molecular weight is 245 g/mol. The molecular weight excluding hydrogens is 218 g/mol. The van der Waals surface area contributed by atoms with Crippen LogP contribution in [0.5, 0.6) is 0 Å². The van der Waals surface area contributed by atoms with Crippen molar-refractivity contribution < 1.29 is 9.53 Å². The number of nitrogens with one attached hydrogen (secondary N) is 2. The van der Waals surface area contributed by atoms with Crippen LogP contribution in [-0.4, -0.2) is 37.9 Å². The number of carbonyl (C=O) groups is 1. The fourth-order valence-corrected chi connectivity index (χ4v) is 1.21. The molecule has 102 valence electrons. The Morgan fingerprint density at radius 3 is 2.41 bits per heavy atom. The normalized spacial score (nSPS) is 11.3. The highest BCUT2D eigenvalue weighted by Crippen LogP contribution is 1.99. The molecule has 0 fully saturated rings. The molecule has 0 aromatic carbocycles. The van der Waals surface area contributed by atoms with Crippen molar-refractivity contribution in [2.24, 2.45) is 5.73 Å². The quantitative estimate of drug-likeness (QED) is 0.562. The molecular formula is C12H27N3O2. The minimum atomic E-state index is -0.339. The Balaban J connectivity index is 3.25. The van der Waals surface area contributed by atoms with Crippen molar-refractivity contribution >= 4 is 6.09 Å². The summed E-state index contributed by atoms with van der Waals surface area (Å²) in [6.07, 6.45) is 2.55. The molecule has 0 aliphatic heterocycles. The molecule has 17 heavy (non-hydrogen) atoms. The van der Waals surface area contributed by atoms with Crippen LogP contribution < -0.4 is 16.4 Å². The SMILES string of the molecule is CC(C)(C)NC(=O)OCCCCNCCCN. The van der Waals surface area contributed by atoms with E-state index in [0.717, 1.165) is 38.9 Å². The van der Waals surface area contributed by atoms with Crippen LogP contribution in [0.25, 0.3) is 0 Å². The summed E-state index contributed by atoms with van der Waals surface area (Å²) in [5.74, 6) is 0. The van der Waals surface area contributed by atoms with Gasteiger partial charge in [-0.25, -0.2) is 4.79 Å². The van der Waals surface area contributed by atoms with Crippen molar-refractivity contribution in [1.82, 2.24) is 10.6 Å². The van der Waals surface area contributed by atoms with Gasteiger partial charge >= 0.3 is 6.09 Å². The number of ether oxygens (including phenoxy) is 1. The van der Waals surface area contributed by atoms with Crippen molar-refractivity contribution in [2.75, 3.05) is 26.2 Å². The molecule has 0 heterocycles. The first kappa shape index (κ1) is 16.2. The third kappa shape index (κ3) is 13.1. The second kappa shape index (κ2) is 9.24. The molecule has 5 nitrogen and oxygen atoms in total. The fourth-order valence-electron chi connectivity index (χ4n) is 1.21. The topological polar surface area (TPSA) is 76.4 Å². The highest BCUT2D eigenvalue weighted by Gasteiger charge is 2.13. The lowest BCUT2D eigenvalue weighted by Crippen LogP contribution is -2.41. The molecule has 0 radical (unpaired) electrons. The van der Waals surface area contributed by atoms with Gasteiger partial charge in [0.2, 0.25) is 0 Å². The summed E-state index contributed by atoms with van der Waals surface area (Å²) in [4.78, 5) is 11.3. The second-order valence-electron chi connectivity index (χ2n) is 5.11. The maximum atomic E-state index is 11.3. The third-order valence-corrected chi connectivity index (χ3v) is 2.02. The van der Waals surface area contributed by atoms with Crippen molar-refractivity contribution in [3.8, 4) is 0 Å². The highest BCUT2D eigenvalue weighted by atomic mass is 16.5. The largest absolute Gasteiger partial charge is 0.450 e. The van der Waals surface area contributed by atoms with Gasteiger partial charge in [-0.1, -0.05) is 0 Å². The maximum absolute atomic E-state index is 11.3. The lowest BCUT2D eigenvalue weighted by atomic mass is 10.1. The van der Waals surface area contributed by atoms with E-state index in [0.29, 0.717) is 6.61 Å². The lowest BCUT2D eigenvalue weighted by molar-refractivity contribution is 0.135. The second-order valence-corrected chi connectivity index (χ2v) is 5.11. The number of alkyl carbamates (subject to hydrolysis) is 1. The van der Waals surface area contributed by atoms with Gasteiger partial charge in [0.05, 0.1) is 6.61 Å². The Bertz CT molecular complexity index is 202. The van der Waals surface area contributed by atoms with Crippen LogP contribution in [-0.2, 0) is 4.74 Å². The minimum Gasteiger partial charge on any atom is -0.450 e.